The first kappa shape index (κ1) is 14.6. The highest BCUT2D eigenvalue weighted by Crippen LogP contribution is 2.21. The molecule has 0 unspecified atom stereocenters. The van der Waals surface area contributed by atoms with Gasteiger partial charge in [-0.2, -0.15) is 0 Å². The van der Waals surface area contributed by atoms with E-state index in [0.29, 0.717) is 16.8 Å². The number of halogens is 1. The smallest absolute Gasteiger partial charge is 0.355 e. The number of hydrogen-bond donors (Lipinski definition) is 1. The number of alkyl halides is 1. The van der Waals surface area contributed by atoms with E-state index in [0.717, 1.165) is 0 Å². The lowest BCUT2D eigenvalue weighted by atomic mass is 10.1. The van der Waals surface area contributed by atoms with Crippen molar-refractivity contribution in [1.82, 2.24) is 4.98 Å². The normalized spacial score (nSPS) is 10.2. The summed E-state index contributed by atoms with van der Waals surface area (Å²) in [6.45, 7) is 5.62. The molecule has 1 heterocycles. The van der Waals surface area contributed by atoms with Gasteiger partial charge in [-0.05, 0) is 26.3 Å². The molecule has 0 radical (unpaired) electrons. The first-order chi connectivity index (χ1) is 8.56. The van der Waals surface area contributed by atoms with Crippen molar-refractivity contribution in [2.45, 2.75) is 26.7 Å². The van der Waals surface area contributed by atoms with Crippen molar-refractivity contribution in [2.75, 3.05) is 13.2 Å². The number of rotatable bonds is 5. The molecular formula is C12H16ClNO4. The Hall–Kier alpha value is -1.49. The summed E-state index contributed by atoms with van der Waals surface area (Å²) in [4.78, 5) is 26.3. The van der Waals surface area contributed by atoms with Crippen LogP contribution >= 0.6 is 11.6 Å². The fourth-order valence-electron chi connectivity index (χ4n) is 1.65. The highest BCUT2D eigenvalue weighted by Gasteiger charge is 2.24. The number of carbonyl (C=O) groups is 2. The second-order valence-electron chi connectivity index (χ2n) is 3.55. The molecule has 1 aromatic rings. The Morgan fingerprint density at radius 3 is 2.22 bits per heavy atom. The zero-order valence-corrected chi connectivity index (χ0v) is 11.4. The van der Waals surface area contributed by atoms with Crippen LogP contribution in [0.1, 0.15) is 46.0 Å². The van der Waals surface area contributed by atoms with Crippen LogP contribution in [0.5, 0.6) is 0 Å². The largest absolute Gasteiger partial charge is 0.462 e. The molecule has 0 saturated carbocycles. The van der Waals surface area contributed by atoms with Crippen LogP contribution in [0.15, 0.2) is 0 Å². The average Bonchev–Trinajstić information content (AvgIpc) is 2.67. The molecule has 1 N–H and O–H groups in total. The van der Waals surface area contributed by atoms with Gasteiger partial charge in [0.15, 0.2) is 0 Å². The van der Waals surface area contributed by atoms with E-state index in [-0.39, 0.29) is 24.8 Å². The summed E-state index contributed by atoms with van der Waals surface area (Å²) >= 11 is 5.75. The van der Waals surface area contributed by atoms with Crippen LogP contribution in [0.3, 0.4) is 0 Å². The van der Waals surface area contributed by atoms with Crippen molar-refractivity contribution >= 4 is 23.5 Å². The second-order valence-corrected chi connectivity index (χ2v) is 3.82. The molecule has 0 amide bonds. The molecule has 0 aliphatic heterocycles. The first-order valence-corrected chi connectivity index (χ1v) is 6.21. The van der Waals surface area contributed by atoms with Crippen LogP contribution in [-0.2, 0) is 15.4 Å². The number of ether oxygens (including phenoxy) is 2. The second kappa shape index (κ2) is 6.44. The minimum atomic E-state index is -0.503. The molecule has 18 heavy (non-hydrogen) atoms. The Labute approximate surface area is 110 Å². The van der Waals surface area contributed by atoms with E-state index >= 15 is 0 Å². The highest BCUT2D eigenvalue weighted by atomic mass is 35.5. The SMILES string of the molecule is CCOC(=O)c1[nH]c(CCl)c(C(=O)OCC)c1C. The van der Waals surface area contributed by atoms with Gasteiger partial charge in [0.05, 0.1) is 24.7 Å². The molecule has 0 aromatic carbocycles. The third-order valence-electron chi connectivity index (χ3n) is 2.42. The molecule has 6 heteroatoms. The Bertz CT molecular complexity index is 453. The van der Waals surface area contributed by atoms with Gasteiger partial charge in [0, 0.05) is 5.69 Å². The van der Waals surface area contributed by atoms with Crippen LogP contribution in [0.2, 0.25) is 0 Å². The maximum Gasteiger partial charge on any atom is 0.355 e. The fourth-order valence-corrected chi connectivity index (χ4v) is 1.85. The van der Waals surface area contributed by atoms with E-state index in [1.54, 1.807) is 20.8 Å². The Kier molecular flexibility index (Phi) is 5.22. The van der Waals surface area contributed by atoms with Gasteiger partial charge in [-0.25, -0.2) is 9.59 Å². The van der Waals surface area contributed by atoms with Crippen molar-refractivity contribution in [3.05, 3.63) is 22.5 Å². The Balaban J connectivity index is 3.18. The first-order valence-electron chi connectivity index (χ1n) is 5.68. The summed E-state index contributed by atoms with van der Waals surface area (Å²) in [5.41, 5.74) is 1.53. The third kappa shape index (κ3) is 2.85. The summed E-state index contributed by atoms with van der Waals surface area (Å²) < 4.78 is 9.83. The van der Waals surface area contributed by atoms with E-state index in [9.17, 15) is 9.59 Å². The summed E-state index contributed by atoms with van der Waals surface area (Å²) in [5, 5.41) is 0. The predicted molar refractivity (Wildman–Crippen MR) is 67.0 cm³/mol. The zero-order chi connectivity index (χ0) is 13.7. The van der Waals surface area contributed by atoms with E-state index in [2.05, 4.69) is 4.98 Å². The van der Waals surface area contributed by atoms with Crippen LogP contribution < -0.4 is 0 Å². The zero-order valence-electron chi connectivity index (χ0n) is 10.6. The number of H-pyrrole nitrogens is 1. The summed E-state index contributed by atoms with van der Waals surface area (Å²) in [6, 6.07) is 0. The van der Waals surface area contributed by atoms with Crippen LogP contribution in [0, 0.1) is 6.92 Å². The molecule has 1 aromatic heterocycles. The maximum absolute atomic E-state index is 11.8. The van der Waals surface area contributed by atoms with Gasteiger partial charge in [0.1, 0.15) is 5.69 Å². The molecule has 0 atom stereocenters. The van der Waals surface area contributed by atoms with Crippen molar-refractivity contribution < 1.29 is 19.1 Å². The quantitative estimate of drug-likeness (QED) is 0.661. The molecule has 0 fully saturated rings. The van der Waals surface area contributed by atoms with Crippen LogP contribution in [-0.4, -0.2) is 30.1 Å². The molecule has 0 bridgehead atoms. The van der Waals surface area contributed by atoms with Gasteiger partial charge in [-0.3, -0.25) is 0 Å². The van der Waals surface area contributed by atoms with Gasteiger partial charge in [0.2, 0.25) is 0 Å². The lowest BCUT2D eigenvalue weighted by molar-refractivity contribution is 0.0518. The summed E-state index contributed by atoms with van der Waals surface area (Å²) in [5.74, 6) is -0.900. The molecule has 5 nitrogen and oxygen atoms in total. The number of aromatic nitrogens is 1. The summed E-state index contributed by atoms with van der Waals surface area (Å²) in [7, 11) is 0. The van der Waals surface area contributed by atoms with Gasteiger partial charge in [0.25, 0.3) is 0 Å². The predicted octanol–water partition coefficient (Wildman–Crippen LogP) is 2.42. The van der Waals surface area contributed by atoms with E-state index in [1.165, 1.54) is 0 Å². The lowest BCUT2D eigenvalue weighted by Crippen LogP contribution is -2.09. The molecule has 0 aliphatic rings. The monoisotopic (exact) mass is 273 g/mol. The van der Waals surface area contributed by atoms with Gasteiger partial charge in [-0.15, -0.1) is 11.6 Å². The topological polar surface area (TPSA) is 68.4 Å². The van der Waals surface area contributed by atoms with E-state index in [1.807, 2.05) is 0 Å². The van der Waals surface area contributed by atoms with Crippen LogP contribution in [0.25, 0.3) is 0 Å². The van der Waals surface area contributed by atoms with Crippen molar-refractivity contribution in [2.24, 2.45) is 0 Å². The van der Waals surface area contributed by atoms with E-state index < -0.39 is 11.9 Å². The van der Waals surface area contributed by atoms with Crippen molar-refractivity contribution in [1.29, 1.82) is 0 Å². The Morgan fingerprint density at radius 2 is 1.72 bits per heavy atom. The number of nitrogens with one attached hydrogen (secondary N) is 1. The lowest BCUT2D eigenvalue weighted by Gasteiger charge is -2.03. The Morgan fingerprint density at radius 1 is 1.17 bits per heavy atom. The number of carbonyl (C=O) groups excluding carboxylic acids is 2. The molecule has 1 rings (SSSR count). The van der Waals surface area contributed by atoms with Crippen LogP contribution in [0.4, 0.5) is 0 Å². The molecular weight excluding hydrogens is 258 g/mol. The van der Waals surface area contributed by atoms with Crippen molar-refractivity contribution in [3.8, 4) is 0 Å². The molecule has 0 saturated heterocycles. The number of aromatic amines is 1. The van der Waals surface area contributed by atoms with Gasteiger partial charge >= 0.3 is 11.9 Å². The molecule has 0 spiro atoms. The summed E-state index contributed by atoms with van der Waals surface area (Å²) in [6.07, 6.45) is 0. The van der Waals surface area contributed by atoms with E-state index in [4.69, 9.17) is 21.1 Å². The molecule has 100 valence electrons. The highest BCUT2D eigenvalue weighted by molar-refractivity contribution is 6.17. The van der Waals surface area contributed by atoms with Crippen molar-refractivity contribution in [3.63, 3.8) is 0 Å². The average molecular weight is 274 g/mol. The minimum Gasteiger partial charge on any atom is -0.462 e. The number of hydrogen-bond acceptors (Lipinski definition) is 4. The van der Waals surface area contributed by atoms with Gasteiger partial charge in [-0.1, -0.05) is 0 Å². The molecule has 0 aliphatic carbocycles. The fraction of sp³-hybridized carbons (Fsp3) is 0.500. The standard InChI is InChI=1S/C12H16ClNO4/c1-4-17-11(15)9-7(3)10(12(16)18-5-2)14-8(9)6-13/h14H,4-6H2,1-3H3. The number of esters is 2. The maximum atomic E-state index is 11.8. The minimum absolute atomic E-state index is 0.0917. The third-order valence-corrected chi connectivity index (χ3v) is 2.69. The van der Waals surface area contributed by atoms with Gasteiger partial charge < -0.3 is 14.5 Å².